The van der Waals surface area contributed by atoms with Crippen LogP contribution >= 0.6 is 11.3 Å². The second kappa shape index (κ2) is 11.4. The van der Waals surface area contributed by atoms with Gasteiger partial charge in [0.2, 0.25) is 5.95 Å². The minimum atomic E-state index is -0.728. The molecule has 4 aromatic rings. The first-order valence-corrected chi connectivity index (χ1v) is 14.0. The standard InChI is InChI=1S/C28H31N7O4S/c1-4-28(24(36)37)7-10-35(11-8-28)25-31-15-18(16-32-25)17-12-20(21-14-19(39-3)6-9-30-21)23-22(13-17)33-27(40-23)34-26(38)29-5-2/h6,9,12-16H,4-5,7-8,10-11H2,1-3H3,(H,36,37)(H2,29,33,34,38). The summed E-state index contributed by atoms with van der Waals surface area (Å²) in [5.41, 5.74) is 3.24. The SMILES string of the molecule is CCNC(=O)Nc1nc2cc(-c3cnc(N4CCC(CC)(C(=O)O)CC4)nc3)cc(-c3cc(OC)ccn3)c2s1. The molecule has 208 valence electrons. The van der Waals surface area contributed by atoms with Crippen molar-refractivity contribution in [3.63, 3.8) is 0 Å². The number of nitrogens with zero attached hydrogens (tertiary/aromatic N) is 5. The number of carboxylic acids is 1. The molecule has 1 fully saturated rings. The number of carbonyl (C=O) groups is 2. The molecular weight excluding hydrogens is 530 g/mol. The number of hydrogen-bond acceptors (Lipinski definition) is 9. The largest absolute Gasteiger partial charge is 0.497 e. The van der Waals surface area contributed by atoms with E-state index in [4.69, 9.17) is 4.74 Å². The number of hydrogen-bond donors (Lipinski definition) is 3. The molecule has 1 aliphatic rings. The van der Waals surface area contributed by atoms with Crippen LogP contribution in [-0.4, -0.2) is 63.8 Å². The topological polar surface area (TPSA) is 142 Å². The van der Waals surface area contributed by atoms with Crippen LogP contribution in [0.15, 0.2) is 42.9 Å². The molecule has 0 saturated carbocycles. The Hall–Kier alpha value is -4.32. The van der Waals surface area contributed by atoms with Crippen LogP contribution in [0, 0.1) is 5.41 Å². The summed E-state index contributed by atoms with van der Waals surface area (Å²) in [5.74, 6) is 0.531. The molecule has 0 atom stereocenters. The molecule has 2 amide bonds. The molecule has 3 aromatic heterocycles. The van der Waals surface area contributed by atoms with Gasteiger partial charge in [0, 0.05) is 55.4 Å². The second-order valence-electron chi connectivity index (χ2n) is 9.65. The summed E-state index contributed by atoms with van der Waals surface area (Å²) < 4.78 is 6.29. The van der Waals surface area contributed by atoms with Gasteiger partial charge in [-0.3, -0.25) is 15.1 Å². The predicted octanol–water partition coefficient (Wildman–Crippen LogP) is 5.05. The smallest absolute Gasteiger partial charge is 0.321 e. The molecule has 4 heterocycles. The van der Waals surface area contributed by atoms with E-state index in [0.29, 0.717) is 66.9 Å². The zero-order chi connectivity index (χ0) is 28.3. The third-order valence-corrected chi connectivity index (χ3v) is 8.42. The summed E-state index contributed by atoms with van der Waals surface area (Å²) >= 11 is 1.37. The molecule has 1 aliphatic heterocycles. The van der Waals surface area contributed by atoms with E-state index in [2.05, 4.69) is 30.6 Å². The Morgan fingerprint density at radius 3 is 2.50 bits per heavy atom. The lowest BCUT2D eigenvalue weighted by atomic mass is 9.76. The van der Waals surface area contributed by atoms with Gasteiger partial charge in [-0.25, -0.2) is 19.7 Å². The van der Waals surface area contributed by atoms with E-state index in [1.807, 2.05) is 36.9 Å². The Morgan fingerprint density at radius 2 is 1.85 bits per heavy atom. The van der Waals surface area contributed by atoms with Crippen molar-refractivity contribution < 1.29 is 19.4 Å². The lowest BCUT2D eigenvalue weighted by Gasteiger charge is -2.38. The van der Waals surface area contributed by atoms with Gasteiger partial charge in [0.15, 0.2) is 5.13 Å². The number of urea groups is 1. The zero-order valence-corrected chi connectivity index (χ0v) is 23.4. The Kier molecular flexibility index (Phi) is 7.78. The van der Waals surface area contributed by atoms with Crippen LogP contribution in [0.5, 0.6) is 5.75 Å². The summed E-state index contributed by atoms with van der Waals surface area (Å²) in [7, 11) is 1.61. The number of carboxylic acid groups (broad SMARTS) is 1. The van der Waals surface area contributed by atoms with Crippen LogP contribution in [0.3, 0.4) is 0 Å². The Labute approximate surface area is 235 Å². The number of ether oxygens (including phenoxy) is 1. The van der Waals surface area contributed by atoms with Gasteiger partial charge < -0.3 is 20.1 Å². The molecule has 1 saturated heterocycles. The number of piperidine rings is 1. The van der Waals surface area contributed by atoms with Crippen LogP contribution in [0.2, 0.25) is 0 Å². The highest BCUT2D eigenvalue weighted by molar-refractivity contribution is 7.22. The van der Waals surface area contributed by atoms with Crippen molar-refractivity contribution in [3.8, 4) is 28.1 Å². The molecule has 5 rings (SSSR count). The van der Waals surface area contributed by atoms with E-state index in [9.17, 15) is 14.7 Å². The van der Waals surface area contributed by atoms with E-state index < -0.39 is 11.4 Å². The third kappa shape index (κ3) is 5.39. The minimum absolute atomic E-state index is 0.316. The van der Waals surface area contributed by atoms with E-state index in [0.717, 1.165) is 21.4 Å². The lowest BCUT2D eigenvalue weighted by molar-refractivity contribution is -0.150. The first-order chi connectivity index (χ1) is 19.4. The lowest BCUT2D eigenvalue weighted by Crippen LogP contribution is -2.44. The normalized spacial score (nSPS) is 14.6. The van der Waals surface area contributed by atoms with E-state index in [-0.39, 0.29) is 6.03 Å². The first-order valence-electron chi connectivity index (χ1n) is 13.2. The monoisotopic (exact) mass is 561 g/mol. The Morgan fingerprint density at radius 1 is 1.10 bits per heavy atom. The fourth-order valence-corrected chi connectivity index (χ4v) is 5.88. The molecule has 0 spiro atoms. The maximum atomic E-state index is 12.1. The number of carbonyl (C=O) groups excluding carboxylic acids is 1. The van der Waals surface area contributed by atoms with Crippen LogP contribution in [-0.2, 0) is 4.79 Å². The van der Waals surface area contributed by atoms with Crippen molar-refractivity contribution >= 4 is 44.6 Å². The molecule has 0 aliphatic carbocycles. The molecule has 0 unspecified atom stereocenters. The van der Waals surface area contributed by atoms with Gasteiger partial charge in [-0.15, -0.1) is 0 Å². The van der Waals surface area contributed by atoms with Crippen LogP contribution < -0.4 is 20.3 Å². The molecular formula is C28H31N7O4S. The number of amides is 2. The van der Waals surface area contributed by atoms with Crippen molar-refractivity contribution in [2.75, 3.05) is 37.0 Å². The van der Waals surface area contributed by atoms with E-state index in [1.54, 1.807) is 31.8 Å². The molecule has 0 bridgehead atoms. The summed E-state index contributed by atoms with van der Waals surface area (Å²) in [5, 5.41) is 15.7. The van der Waals surface area contributed by atoms with Crippen molar-refractivity contribution in [1.82, 2.24) is 25.3 Å². The van der Waals surface area contributed by atoms with Gasteiger partial charge in [0.25, 0.3) is 0 Å². The van der Waals surface area contributed by atoms with Gasteiger partial charge in [0.05, 0.1) is 28.4 Å². The van der Waals surface area contributed by atoms with Crippen LogP contribution in [0.4, 0.5) is 15.9 Å². The average molecular weight is 562 g/mol. The van der Waals surface area contributed by atoms with Crippen molar-refractivity contribution in [2.45, 2.75) is 33.1 Å². The minimum Gasteiger partial charge on any atom is -0.497 e. The van der Waals surface area contributed by atoms with E-state index >= 15 is 0 Å². The maximum Gasteiger partial charge on any atom is 0.321 e. The first kappa shape index (κ1) is 27.3. The molecule has 40 heavy (non-hydrogen) atoms. The fourth-order valence-electron chi connectivity index (χ4n) is 4.92. The van der Waals surface area contributed by atoms with Gasteiger partial charge >= 0.3 is 12.0 Å². The predicted molar refractivity (Wildman–Crippen MR) is 155 cm³/mol. The van der Waals surface area contributed by atoms with Gasteiger partial charge in [-0.1, -0.05) is 18.3 Å². The number of thiazole rings is 1. The highest BCUT2D eigenvalue weighted by atomic mass is 32.1. The van der Waals surface area contributed by atoms with Crippen molar-refractivity contribution in [1.29, 1.82) is 0 Å². The van der Waals surface area contributed by atoms with Gasteiger partial charge in [0.1, 0.15) is 5.75 Å². The highest BCUT2D eigenvalue weighted by Crippen LogP contribution is 2.39. The summed E-state index contributed by atoms with van der Waals surface area (Å²) in [6.45, 7) is 5.48. The Bertz CT molecular complexity index is 1530. The molecule has 1 aromatic carbocycles. The second-order valence-corrected chi connectivity index (χ2v) is 10.7. The molecule has 11 nitrogen and oxygen atoms in total. The number of aliphatic carboxylic acids is 1. The number of fused-ring (bicyclic) bond motifs is 1. The maximum absolute atomic E-state index is 12.1. The van der Waals surface area contributed by atoms with E-state index in [1.165, 1.54) is 11.3 Å². The molecule has 3 N–H and O–H groups in total. The summed E-state index contributed by atoms with van der Waals surface area (Å²) in [6, 6.07) is 7.29. The van der Waals surface area contributed by atoms with Gasteiger partial charge in [-0.05, 0) is 49.9 Å². The number of anilines is 2. The number of pyridine rings is 1. The Balaban J connectivity index is 1.48. The quantitative estimate of drug-likeness (QED) is 0.269. The number of rotatable bonds is 8. The fraction of sp³-hybridized carbons (Fsp3) is 0.357. The van der Waals surface area contributed by atoms with Gasteiger partial charge in [-0.2, -0.15) is 0 Å². The van der Waals surface area contributed by atoms with Crippen LogP contribution in [0.1, 0.15) is 33.1 Å². The zero-order valence-electron chi connectivity index (χ0n) is 22.6. The highest BCUT2D eigenvalue weighted by Gasteiger charge is 2.40. The number of methoxy groups -OCH3 is 1. The summed E-state index contributed by atoms with van der Waals surface area (Å²) in [4.78, 5) is 44.4. The number of benzene rings is 1. The number of aromatic nitrogens is 4. The summed E-state index contributed by atoms with van der Waals surface area (Å²) in [6.07, 6.45) is 6.97. The van der Waals surface area contributed by atoms with Crippen molar-refractivity contribution in [2.24, 2.45) is 5.41 Å². The average Bonchev–Trinajstić information content (AvgIpc) is 3.39. The third-order valence-electron chi connectivity index (χ3n) is 7.40. The number of nitrogens with one attached hydrogen (secondary N) is 2. The van der Waals surface area contributed by atoms with Crippen molar-refractivity contribution in [3.05, 3.63) is 42.9 Å². The molecule has 0 radical (unpaired) electrons. The van der Waals surface area contributed by atoms with Crippen LogP contribution in [0.25, 0.3) is 32.6 Å². The molecule has 12 heteroatoms.